The molecular weight excluding hydrogens is 414 g/mol. The average molecular weight is 434 g/mol. The molecule has 0 fully saturated rings. The fraction of sp³-hybridized carbons (Fsp3) is 0.125. The van der Waals surface area contributed by atoms with Gasteiger partial charge in [-0.3, -0.25) is 4.79 Å². The normalized spacial score (nSPS) is 11.1. The number of benzene rings is 2. The Morgan fingerprint density at radius 1 is 1.13 bits per heavy atom. The lowest BCUT2D eigenvalue weighted by Crippen LogP contribution is -2.14. The molecule has 2 N–H and O–H groups in total. The number of halogens is 1. The molecule has 3 rings (SSSR count). The third kappa shape index (κ3) is 4.52. The van der Waals surface area contributed by atoms with Crippen molar-refractivity contribution in [3.63, 3.8) is 0 Å². The number of carbonyl (C=O) groups excluding carboxylic acids is 1. The molecule has 0 spiro atoms. The summed E-state index contributed by atoms with van der Waals surface area (Å²) in [6, 6.07) is 15.9. The van der Waals surface area contributed by atoms with Crippen LogP contribution in [0.3, 0.4) is 0 Å². The van der Waals surface area contributed by atoms with Crippen molar-refractivity contribution in [1.82, 2.24) is 4.57 Å². The molecule has 0 aliphatic carbocycles. The second-order valence-electron chi connectivity index (χ2n) is 7.07. The van der Waals surface area contributed by atoms with Crippen LogP contribution in [0.15, 0.2) is 54.1 Å². The Balaban J connectivity index is 1.99. The number of carbonyl (C=O) groups is 2. The lowest BCUT2D eigenvalue weighted by molar-refractivity contribution is -0.112. The molecule has 0 atom stereocenters. The Kier molecular flexibility index (Phi) is 6.28. The second kappa shape index (κ2) is 8.90. The van der Waals surface area contributed by atoms with Gasteiger partial charge in [-0.2, -0.15) is 5.26 Å². The van der Waals surface area contributed by atoms with E-state index in [1.54, 1.807) is 12.1 Å². The summed E-state index contributed by atoms with van der Waals surface area (Å²) in [5.74, 6) is -1.62. The first-order chi connectivity index (χ1) is 14.7. The van der Waals surface area contributed by atoms with Crippen molar-refractivity contribution in [3.05, 3.63) is 87.2 Å². The van der Waals surface area contributed by atoms with Gasteiger partial charge in [-0.15, -0.1) is 0 Å². The van der Waals surface area contributed by atoms with Gasteiger partial charge in [-0.1, -0.05) is 29.8 Å². The van der Waals surface area contributed by atoms with Crippen LogP contribution in [0.5, 0.6) is 0 Å². The quantitative estimate of drug-likeness (QED) is 0.421. The molecule has 156 valence electrons. The second-order valence-corrected chi connectivity index (χ2v) is 7.48. The first-order valence-electron chi connectivity index (χ1n) is 9.44. The van der Waals surface area contributed by atoms with Crippen molar-refractivity contribution in [2.75, 3.05) is 5.32 Å². The van der Waals surface area contributed by atoms with Crippen LogP contribution in [-0.2, 0) is 4.79 Å². The van der Waals surface area contributed by atoms with Gasteiger partial charge in [-0.25, -0.2) is 4.79 Å². The molecule has 0 aliphatic heterocycles. The first-order valence-corrected chi connectivity index (χ1v) is 9.81. The van der Waals surface area contributed by atoms with Crippen molar-refractivity contribution in [3.8, 4) is 11.8 Å². The van der Waals surface area contributed by atoms with Crippen LogP contribution in [-0.4, -0.2) is 21.6 Å². The summed E-state index contributed by atoms with van der Waals surface area (Å²) in [6.45, 7) is 5.57. The van der Waals surface area contributed by atoms with Crippen LogP contribution in [0.4, 0.5) is 5.69 Å². The molecular formula is C24H20ClN3O3. The lowest BCUT2D eigenvalue weighted by Gasteiger charge is -2.11. The van der Waals surface area contributed by atoms with Crippen LogP contribution in [0.25, 0.3) is 11.8 Å². The minimum atomic E-state index is -1.12. The number of carboxylic acids is 1. The van der Waals surface area contributed by atoms with E-state index in [1.165, 1.54) is 18.2 Å². The number of carboxylic acid groups (broad SMARTS) is 1. The predicted molar refractivity (Wildman–Crippen MR) is 121 cm³/mol. The first kappa shape index (κ1) is 21.9. The molecule has 0 unspecified atom stereocenters. The van der Waals surface area contributed by atoms with Crippen LogP contribution < -0.4 is 5.32 Å². The molecule has 1 aromatic heterocycles. The van der Waals surface area contributed by atoms with Gasteiger partial charge < -0.3 is 15.0 Å². The van der Waals surface area contributed by atoms with Gasteiger partial charge in [0, 0.05) is 22.8 Å². The number of aromatic carboxylic acids is 1. The summed E-state index contributed by atoms with van der Waals surface area (Å²) in [4.78, 5) is 24.1. The zero-order chi connectivity index (χ0) is 22.7. The van der Waals surface area contributed by atoms with Gasteiger partial charge in [0.2, 0.25) is 0 Å². The molecule has 31 heavy (non-hydrogen) atoms. The fourth-order valence-corrected chi connectivity index (χ4v) is 3.55. The van der Waals surface area contributed by atoms with Gasteiger partial charge in [-0.05, 0) is 68.3 Å². The minimum Gasteiger partial charge on any atom is -0.478 e. The highest BCUT2D eigenvalue weighted by atomic mass is 35.5. The van der Waals surface area contributed by atoms with Crippen molar-refractivity contribution in [2.24, 2.45) is 0 Å². The van der Waals surface area contributed by atoms with E-state index in [0.717, 1.165) is 17.0 Å². The van der Waals surface area contributed by atoms with Crippen molar-refractivity contribution in [2.45, 2.75) is 20.8 Å². The molecule has 7 heteroatoms. The van der Waals surface area contributed by atoms with E-state index >= 15 is 0 Å². The minimum absolute atomic E-state index is 0.000851. The number of hydrogen-bond donors (Lipinski definition) is 2. The summed E-state index contributed by atoms with van der Waals surface area (Å²) in [5.41, 5.74) is 4.38. The van der Waals surface area contributed by atoms with Gasteiger partial charge in [0.15, 0.2) is 0 Å². The molecule has 6 nitrogen and oxygen atoms in total. The van der Waals surface area contributed by atoms with Crippen LogP contribution >= 0.6 is 11.6 Å². The maximum atomic E-state index is 12.6. The van der Waals surface area contributed by atoms with Gasteiger partial charge in [0.25, 0.3) is 5.91 Å². The van der Waals surface area contributed by atoms with Crippen LogP contribution in [0, 0.1) is 32.1 Å². The third-order valence-corrected chi connectivity index (χ3v) is 5.30. The molecule has 3 aromatic rings. The summed E-state index contributed by atoms with van der Waals surface area (Å²) >= 11 is 5.98. The van der Waals surface area contributed by atoms with E-state index < -0.39 is 11.9 Å². The Morgan fingerprint density at radius 3 is 2.48 bits per heavy atom. The molecule has 0 radical (unpaired) electrons. The number of hydrogen-bond acceptors (Lipinski definition) is 3. The SMILES string of the molecule is Cc1ccccc1NC(=O)/C(C#N)=C/c1cc(C)n(-c2ccc(Cl)c(C(=O)O)c2)c1C. The number of aryl methyl sites for hydroxylation is 2. The third-order valence-electron chi connectivity index (χ3n) is 4.97. The van der Waals surface area contributed by atoms with Crippen LogP contribution in [0.2, 0.25) is 5.02 Å². The van der Waals surface area contributed by atoms with E-state index in [4.69, 9.17) is 11.6 Å². The number of nitrogens with one attached hydrogen (secondary N) is 1. The number of aromatic nitrogens is 1. The van der Waals surface area contributed by atoms with E-state index in [-0.39, 0.29) is 16.2 Å². The van der Waals surface area contributed by atoms with E-state index in [2.05, 4.69) is 5.32 Å². The summed E-state index contributed by atoms with van der Waals surface area (Å²) < 4.78 is 1.85. The highest BCUT2D eigenvalue weighted by molar-refractivity contribution is 6.33. The van der Waals surface area contributed by atoms with Gasteiger partial charge >= 0.3 is 5.97 Å². The smallest absolute Gasteiger partial charge is 0.337 e. The number of amides is 1. The monoisotopic (exact) mass is 433 g/mol. The summed E-state index contributed by atoms with van der Waals surface area (Å²) in [6.07, 6.45) is 1.53. The summed E-state index contributed by atoms with van der Waals surface area (Å²) in [5, 5.41) is 21.8. The molecule has 1 heterocycles. The topological polar surface area (TPSA) is 95.1 Å². The highest BCUT2D eigenvalue weighted by Crippen LogP contribution is 2.26. The number of rotatable bonds is 5. The largest absolute Gasteiger partial charge is 0.478 e. The number of para-hydroxylation sites is 1. The number of nitrogens with zero attached hydrogens (tertiary/aromatic N) is 2. The Bertz CT molecular complexity index is 1270. The molecule has 0 saturated carbocycles. The summed E-state index contributed by atoms with van der Waals surface area (Å²) in [7, 11) is 0. The maximum Gasteiger partial charge on any atom is 0.337 e. The zero-order valence-corrected chi connectivity index (χ0v) is 18.0. The average Bonchev–Trinajstić information content (AvgIpc) is 3.01. The van der Waals surface area contributed by atoms with Gasteiger partial charge in [0.1, 0.15) is 11.6 Å². The number of anilines is 1. The lowest BCUT2D eigenvalue weighted by atomic mass is 10.1. The fourth-order valence-electron chi connectivity index (χ4n) is 3.35. The molecule has 2 aromatic carbocycles. The van der Waals surface area contributed by atoms with Crippen molar-refractivity contribution < 1.29 is 14.7 Å². The Morgan fingerprint density at radius 2 is 1.84 bits per heavy atom. The van der Waals surface area contributed by atoms with Crippen molar-refractivity contribution in [1.29, 1.82) is 5.26 Å². The Hall–Kier alpha value is -3.82. The predicted octanol–water partition coefficient (Wildman–Crippen LogP) is 5.30. The highest BCUT2D eigenvalue weighted by Gasteiger charge is 2.16. The zero-order valence-electron chi connectivity index (χ0n) is 17.2. The molecule has 1 amide bonds. The molecule has 0 bridgehead atoms. The molecule has 0 aliphatic rings. The van der Waals surface area contributed by atoms with E-state index in [0.29, 0.717) is 16.9 Å². The van der Waals surface area contributed by atoms with Gasteiger partial charge in [0.05, 0.1) is 10.6 Å². The number of nitriles is 1. The molecule has 0 saturated heterocycles. The van der Waals surface area contributed by atoms with E-state index in [1.807, 2.05) is 55.7 Å². The van der Waals surface area contributed by atoms with Crippen LogP contribution in [0.1, 0.15) is 32.9 Å². The standard InChI is InChI=1S/C24H20ClN3O3/c1-14-6-4-5-7-22(14)27-23(29)18(13-26)11-17-10-15(2)28(16(17)3)19-8-9-21(25)20(12-19)24(30)31/h4-12H,1-3H3,(H,27,29)(H,30,31)/b18-11+. The maximum absolute atomic E-state index is 12.6. The Labute approximate surface area is 185 Å². The van der Waals surface area contributed by atoms with E-state index in [9.17, 15) is 20.0 Å². The van der Waals surface area contributed by atoms with Crippen molar-refractivity contribution >= 4 is 35.2 Å².